The molecule has 0 saturated carbocycles. The number of rotatable bonds is 6. The fourth-order valence-electron chi connectivity index (χ4n) is 2.05. The Morgan fingerprint density at radius 2 is 2.10 bits per heavy atom. The Kier molecular flexibility index (Phi) is 4.80. The first-order chi connectivity index (χ1) is 10.1. The van der Waals surface area contributed by atoms with E-state index in [1.54, 1.807) is 25.3 Å². The fraction of sp³-hybridized carbons (Fsp3) is 0.467. The number of hydrogen-bond donors (Lipinski definition) is 1. The zero-order valence-electron chi connectivity index (χ0n) is 12.8. The molecule has 0 amide bonds. The largest absolute Gasteiger partial charge is 0.497 e. The van der Waals surface area contributed by atoms with Crippen LogP contribution in [0.5, 0.6) is 5.75 Å². The highest BCUT2D eigenvalue weighted by molar-refractivity contribution is 5.72. The number of nitrogen functional groups attached to an aromatic ring is 1. The van der Waals surface area contributed by atoms with Crippen LogP contribution in [0.2, 0.25) is 0 Å². The van der Waals surface area contributed by atoms with E-state index in [0.29, 0.717) is 35.3 Å². The molecule has 1 atom stereocenters. The standard InChI is InChI=1S/C15H21N3O3/c1-5-20-13(9(2)3)14-17-15(21-18-14)11-8-10(19-4)6-7-12(11)16/h6-9,13H,5,16H2,1-4H3. The second-order valence-electron chi connectivity index (χ2n) is 5.03. The summed E-state index contributed by atoms with van der Waals surface area (Å²) in [7, 11) is 1.60. The number of nitrogens with zero attached hydrogens (tertiary/aromatic N) is 2. The number of methoxy groups -OCH3 is 1. The van der Waals surface area contributed by atoms with Gasteiger partial charge in [0.15, 0.2) is 0 Å². The summed E-state index contributed by atoms with van der Waals surface area (Å²) in [6.07, 6.45) is -0.195. The van der Waals surface area contributed by atoms with Crippen molar-refractivity contribution in [2.75, 3.05) is 19.5 Å². The van der Waals surface area contributed by atoms with E-state index >= 15 is 0 Å². The zero-order valence-corrected chi connectivity index (χ0v) is 12.8. The van der Waals surface area contributed by atoms with Crippen LogP contribution in [-0.4, -0.2) is 23.9 Å². The van der Waals surface area contributed by atoms with Crippen LogP contribution < -0.4 is 10.5 Å². The van der Waals surface area contributed by atoms with E-state index in [2.05, 4.69) is 24.0 Å². The maximum Gasteiger partial charge on any atom is 0.260 e. The van der Waals surface area contributed by atoms with Gasteiger partial charge >= 0.3 is 0 Å². The molecule has 2 N–H and O–H groups in total. The van der Waals surface area contributed by atoms with Gasteiger partial charge in [0, 0.05) is 12.3 Å². The molecule has 1 aromatic carbocycles. The van der Waals surface area contributed by atoms with E-state index in [9.17, 15) is 0 Å². The third-order valence-electron chi connectivity index (χ3n) is 3.14. The molecule has 21 heavy (non-hydrogen) atoms. The van der Waals surface area contributed by atoms with Gasteiger partial charge in [0.25, 0.3) is 5.89 Å². The minimum absolute atomic E-state index is 0.195. The van der Waals surface area contributed by atoms with Gasteiger partial charge < -0.3 is 19.7 Å². The normalized spacial score (nSPS) is 12.6. The van der Waals surface area contributed by atoms with Gasteiger partial charge in [-0.2, -0.15) is 4.98 Å². The summed E-state index contributed by atoms with van der Waals surface area (Å²) in [6, 6.07) is 5.31. The molecule has 0 aliphatic carbocycles. The molecule has 0 bridgehead atoms. The first kappa shape index (κ1) is 15.3. The van der Waals surface area contributed by atoms with Crippen molar-refractivity contribution in [1.82, 2.24) is 10.1 Å². The Bertz CT molecular complexity index is 596. The summed E-state index contributed by atoms with van der Waals surface area (Å²) in [4.78, 5) is 4.42. The molecule has 1 heterocycles. The summed E-state index contributed by atoms with van der Waals surface area (Å²) in [5, 5.41) is 4.02. The van der Waals surface area contributed by atoms with Crippen molar-refractivity contribution in [2.45, 2.75) is 26.9 Å². The molecular weight excluding hydrogens is 270 g/mol. The lowest BCUT2D eigenvalue weighted by Crippen LogP contribution is -2.12. The summed E-state index contributed by atoms with van der Waals surface area (Å²) >= 11 is 0. The SMILES string of the molecule is CCOC(c1noc(-c2cc(OC)ccc2N)n1)C(C)C. The molecule has 2 aromatic rings. The number of anilines is 1. The summed E-state index contributed by atoms with van der Waals surface area (Å²) < 4.78 is 16.2. The smallest absolute Gasteiger partial charge is 0.260 e. The van der Waals surface area contributed by atoms with Crippen LogP contribution in [0.1, 0.15) is 32.7 Å². The Morgan fingerprint density at radius 3 is 2.71 bits per heavy atom. The maximum absolute atomic E-state index is 5.97. The van der Waals surface area contributed by atoms with E-state index in [1.165, 1.54) is 0 Å². The average Bonchev–Trinajstić information content (AvgIpc) is 2.94. The molecule has 0 aliphatic rings. The average molecular weight is 291 g/mol. The van der Waals surface area contributed by atoms with Crippen molar-refractivity contribution in [2.24, 2.45) is 5.92 Å². The molecule has 6 nitrogen and oxygen atoms in total. The summed E-state index contributed by atoms with van der Waals surface area (Å²) in [6.45, 7) is 6.64. The van der Waals surface area contributed by atoms with Crippen LogP contribution in [0.3, 0.4) is 0 Å². The minimum atomic E-state index is -0.195. The summed E-state index contributed by atoms with van der Waals surface area (Å²) in [5.74, 6) is 1.83. The van der Waals surface area contributed by atoms with Crippen molar-refractivity contribution >= 4 is 5.69 Å². The molecule has 114 valence electrons. The molecule has 0 saturated heterocycles. The highest BCUT2D eigenvalue weighted by Crippen LogP contribution is 2.31. The number of nitrogens with two attached hydrogens (primary N) is 1. The monoisotopic (exact) mass is 291 g/mol. The molecule has 2 rings (SSSR count). The van der Waals surface area contributed by atoms with Gasteiger partial charge in [-0.3, -0.25) is 0 Å². The summed E-state index contributed by atoms with van der Waals surface area (Å²) in [5.41, 5.74) is 7.18. The minimum Gasteiger partial charge on any atom is -0.497 e. The number of benzene rings is 1. The van der Waals surface area contributed by atoms with E-state index in [4.69, 9.17) is 19.7 Å². The second kappa shape index (κ2) is 6.58. The lowest BCUT2D eigenvalue weighted by molar-refractivity contribution is 0.0217. The van der Waals surface area contributed by atoms with E-state index < -0.39 is 0 Å². The van der Waals surface area contributed by atoms with Gasteiger partial charge in [-0.1, -0.05) is 19.0 Å². The molecule has 6 heteroatoms. The predicted octanol–water partition coefficient (Wildman–Crippen LogP) is 3.06. The molecule has 1 aromatic heterocycles. The molecule has 0 radical (unpaired) electrons. The number of hydrogen-bond acceptors (Lipinski definition) is 6. The van der Waals surface area contributed by atoms with Crippen molar-refractivity contribution in [3.63, 3.8) is 0 Å². The van der Waals surface area contributed by atoms with Gasteiger partial charge in [-0.15, -0.1) is 0 Å². The maximum atomic E-state index is 5.97. The van der Waals surface area contributed by atoms with Gasteiger partial charge in [0.05, 0.1) is 12.7 Å². The van der Waals surface area contributed by atoms with Crippen molar-refractivity contribution in [1.29, 1.82) is 0 Å². The van der Waals surface area contributed by atoms with Crippen LogP contribution in [0.25, 0.3) is 11.5 Å². The Morgan fingerprint density at radius 1 is 1.33 bits per heavy atom. The number of aromatic nitrogens is 2. The first-order valence-electron chi connectivity index (χ1n) is 6.95. The zero-order chi connectivity index (χ0) is 15.4. The van der Waals surface area contributed by atoms with Crippen LogP contribution in [-0.2, 0) is 4.74 Å². The van der Waals surface area contributed by atoms with Gasteiger partial charge in [-0.05, 0) is 31.0 Å². The van der Waals surface area contributed by atoms with Crippen molar-refractivity contribution < 1.29 is 14.0 Å². The van der Waals surface area contributed by atoms with Crippen molar-refractivity contribution in [3.05, 3.63) is 24.0 Å². The van der Waals surface area contributed by atoms with Crippen LogP contribution in [0.4, 0.5) is 5.69 Å². The van der Waals surface area contributed by atoms with Gasteiger partial charge in [0.1, 0.15) is 11.9 Å². The Labute approximate surface area is 124 Å². The third-order valence-corrected chi connectivity index (χ3v) is 3.14. The van der Waals surface area contributed by atoms with Gasteiger partial charge in [0.2, 0.25) is 5.82 Å². The quantitative estimate of drug-likeness (QED) is 0.823. The van der Waals surface area contributed by atoms with Gasteiger partial charge in [-0.25, -0.2) is 0 Å². The number of ether oxygens (including phenoxy) is 2. The molecule has 0 aliphatic heterocycles. The van der Waals surface area contributed by atoms with Crippen molar-refractivity contribution in [3.8, 4) is 17.2 Å². The lowest BCUT2D eigenvalue weighted by Gasteiger charge is -2.16. The Hall–Kier alpha value is -2.08. The molecule has 0 fully saturated rings. The highest BCUT2D eigenvalue weighted by atomic mass is 16.5. The van der Waals surface area contributed by atoms with E-state index in [-0.39, 0.29) is 12.0 Å². The van der Waals surface area contributed by atoms with Crippen LogP contribution >= 0.6 is 0 Å². The predicted molar refractivity (Wildman–Crippen MR) is 79.9 cm³/mol. The van der Waals surface area contributed by atoms with E-state index in [0.717, 1.165) is 0 Å². The molecule has 0 spiro atoms. The van der Waals surface area contributed by atoms with Crippen LogP contribution in [0.15, 0.2) is 22.7 Å². The van der Waals surface area contributed by atoms with E-state index in [1.807, 2.05) is 6.92 Å². The molecule has 1 unspecified atom stereocenters. The fourth-order valence-corrected chi connectivity index (χ4v) is 2.05. The highest BCUT2D eigenvalue weighted by Gasteiger charge is 2.23. The topological polar surface area (TPSA) is 83.4 Å². The van der Waals surface area contributed by atoms with Crippen LogP contribution in [0, 0.1) is 5.92 Å². The lowest BCUT2D eigenvalue weighted by atomic mass is 10.1. The Balaban J connectivity index is 2.35. The molecular formula is C15H21N3O3. The second-order valence-corrected chi connectivity index (χ2v) is 5.03. The third kappa shape index (κ3) is 3.33. The first-order valence-corrected chi connectivity index (χ1v) is 6.95.